The Morgan fingerprint density at radius 1 is 1.33 bits per heavy atom. The number of hydrogen-bond donors (Lipinski definition) is 1. The summed E-state index contributed by atoms with van der Waals surface area (Å²) < 4.78 is 20.3. The molecular formula is C20H20BrFN2O2S. The highest BCUT2D eigenvalue weighted by Crippen LogP contribution is 2.30. The Morgan fingerprint density at radius 3 is 2.93 bits per heavy atom. The second-order valence-corrected chi connectivity index (χ2v) is 8.26. The van der Waals surface area contributed by atoms with Crippen molar-refractivity contribution in [1.82, 2.24) is 4.98 Å². The molecule has 0 bridgehead atoms. The van der Waals surface area contributed by atoms with Crippen molar-refractivity contribution in [3.63, 3.8) is 0 Å². The number of fused-ring (bicyclic) bond motifs is 1. The molecule has 27 heavy (non-hydrogen) atoms. The first-order valence-corrected chi connectivity index (χ1v) is 10.5. The molecule has 0 saturated heterocycles. The van der Waals surface area contributed by atoms with Gasteiger partial charge in [-0.1, -0.05) is 65.2 Å². The van der Waals surface area contributed by atoms with E-state index in [2.05, 4.69) is 33.2 Å². The molecule has 1 N–H and O–H groups in total. The lowest BCUT2D eigenvalue weighted by Crippen LogP contribution is -2.22. The summed E-state index contributed by atoms with van der Waals surface area (Å²) in [5.41, 5.74) is 1.29. The molecule has 3 rings (SSSR count). The highest BCUT2D eigenvalue weighted by Gasteiger charge is 2.16. The van der Waals surface area contributed by atoms with Gasteiger partial charge in [0, 0.05) is 5.56 Å². The van der Waals surface area contributed by atoms with Crippen LogP contribution in [0.1, 0.15) is 31.7 Å². The van der Waals surface area contributed by atoms with E-state index < -0.39 is 0 Å². The number of ether oxygens (including phenoxy) is 1. The van der Waals surface area contributed by atoms with Gasteiger partial charge >= 0.3 is 0 Å². The first kappa shape index (κ1) is 19.8. The van der Waals surface area contributed by atoms with E-state index in [0.717, 1.165) is 29.5 Å². The van der Waals surface area contributed by atoms with Crippen LogP contribution in [0.2, 0.25) is 0 Å². The quantitative estimate of drug-likeness (QED) is 0.434. The van der Waals surface area contributed by atoms with Crippen LogP contribution in [0.3, 0.4) is 0 Å². The van der Waals surface area contributed by atoms with Gasteiger partial charge < -0.3 is 10.1 Å². The van der Waals surface area contributed by atoms with Gasteiger partial charge in [-0.05, 0) is 30.7 Å². The normalized spacial score (nSPS) is 12.1. The van der Waals surface area contributed by atoms with Gasteiger partial charge in [0.05, 0.1) is 15.0 Å². The number of rotatable bonds is 8. The van der Waals surface area contributed by atoms with Crippen LogP contribution >= 0.6 is 27.3 Å². The molecule has 0 spiro atoms. The number of benzene rings is 2. The molecule has 1 heterocycles. The summed E-state index contributed by atoms with van der Waals surface area (Å²) in [5, 5.41) is 3.41. The summed E-state index contributed by atoms with van der Waals surface area (Å²) in [6.45, 7) is 2.25. The Balaban J connectivity index is 1.66. The van der Waals surface area contributed by atoms with Gasteiger partial charge in [0.25, 0.3) is 0 Å². The predicted octanol–water partition coefficient (Wildman–Crippen LogP) is 5.91. The largest absolute Gasteiger partial charge is 0.489 e. The average Bonchev–Trinajstić information content (AvgIpc) is 3.06. The van der Waals surface area contributed by atoms with Crippen LogP contribution in [0.5, 0.6) is 5.75 Å². The molecule has 1 amide bonds. The fourth-order valence-corrected chi connectivity index (χ4v) is 3.86. The van der Waals surface area contributed by atoms with Gasteiger partial charge in [0.15, 0.2) is 5.13 Å². The second-order valence-electron chi connectivity index (χ2n) is 6.13. The third-order valence-electron chi connectivity index (χ3n) is 4.04. The Labute approximate surface area is 169 Å². The average molecular weight is 451 g/mol. The molecule has 142 valence electrons. The minimum Gasteiger partial charge on any atom is -0.489 e. The van der Waals surface area contributed by atoms with Gasteiger partial charge in [-0.15, -0.1) is 0 Å². The number of anilines is 1. The summed E-state index contributed by atoms with van der Waals surface area (Å²) >= 11 is 4.81. The van der Waals surface area contributed by atoms with Crippen LogP contribution in [0.25, 0.3) is 10.2 Å². The third-order valence-corrected chi connectivity index (χ3v) is 5.85. The van der Waals surface area contributed by atoms with Gasteiger partial charge in [-0.3, -0.25) is 4.79 Å². The number of nitrogens with one attached hydrogen (secondary N) is 1. The van der Waals surface area contributed by atoms with Gasteiger partial charge in [-0.2, -0.15) is 0 Å². The van der Waals surface area contributed by atoms with E-state index in [9.17, 15) is 9.18 Å². The Bertz CT molecular complexity index is 931. The number of halogens is 2. The van der Waals surface area contributed by atoms with Gasteiger partial charge in [0.1, 0.15) is 18.2 Å². The lowest BCUT2D eigenvalue weighted by atomic mass is 10.2. The SMILES string of the molecule is CCCCC(Br)C(=O)Nc1nc2ccc(OCc3ccccc3F)cc2s1. The molecule has 4 nitrogen and oxygen atoms in total. The number of carbonyl (C=O) groups is 1. The number of amides is 1. The lowest BCUT2D eigenvalue weighted by Gasteiger charge is -2.07. The maximum absolute atomic E-state index is 13.7. The number of nitrogens with zero attached hydrogens (tertiary/aromatic N) is 1. The summed E-state index contributed by atoms with van der Waals surface area (Å²) in [5.74, 6) is 0.265. The van der Waals surface area contributed by atoms with E-state index in [-0.39, 0.29) is 23.2 Å². The fraction of sp³-hybridized carbons (Fsp3) is 0.300. The summed E-state index contributed by atoms with van der Waals surface area (Å²) in [6.07, 6.45) is 2.83. The molecule has 2 aromatic carbocycles. The standard InChI is InChI=1S/C20H20BrFN2O2S/c1-2-3-7-15(21)19(25)24-20-23-17-10-9-14(11-18(17)27-20)26-12-13-6-4-5-8-16(13)22/h4-6,8-11,15H,2-3,7,12H2,1H3,(H,23,24,25). The Hall–Kier alpha value is -1.99. The van der Waals surface area contributed by atoms with E-state index in [1.54, 1.807) is 24.3 Å². The minimum absolute atomic E-state index is 0.0847. The molecule has 1 atom stereocenters. The highest BCUT2D eigenvalue weighted by molar-refractivity contribution is 9.10. The van der Waals surface area contributed by atoms with Crippen molar-refractivity contribution in [2.75, 3.05) is 5.32 Å². The maximum atomic E-state index is 13.7. The monoisotopic (exact) mass is 450 g/mol. The van der Waals surface area contributed by atoms with Crippen LogP contribution in [-0.4, -0.2) is 15.7 Å². The minimum atomic E-state index is -0.284. The summed E-state index contributed by atoms with van der Waals surface area (Å²) in [4.78, 5) is 16.4. The molecule has 0 aliphatic carbocycles. The topological polar surface area (TPSA) is 51.2 Å². The predicted molar refractivity (Wildman–Crippen MR) is 111 cm³/mol. The van der Waals surface area contributed by atoms with Crippen LogP contribution < -0.4 is 10.1 Å². The molecule has 7 heteroatoms. The number of thiazole rings is 1. The Morgan fingerprint density at radius 2 is 2.15 bits per heavy atom. The zero-order chi connectivity index (χ0) is 19.2. The first-order chi connectivity index (χ1) is 13.1. The van der Waals surface area contributed by atoms with Crippen molar-refractivity contribution >= 4 is 48.5 Å². The zero-order valence-electron chi connectivity index (χ0n) is 14.9. The molecule has 0 aliphatic heterocycles. The van der Waals surface area contributed by atoms with E-state index in [1.807, 2.05) is 12.1 Å². The van der Waals surface area contributed by atoms with E-state index in [0.29, 0.717) is 16.4 Å². The summed E-state index contributed by atoms with van der Waals surface area (Å²) in [6, 6.07) is 12.0. The fourth-order valence-electron chi connectivity index (χ4n) is 2.52. The van der Waals surface area contributed by atoms with Crippen LogP contribution in [0, 0.1) is 5.82 Å². The van der Waals surface area contributed by atoms with E-state index in [1.165, 1.54) is 17.4 Å². The molecule has 0 radical (unpaired) electrons. The zero-order valence-corrected chi connectivity index (χ0v) is 17.3. The number of aromatic nitrogens is 1. The molecule has 0 aliphatic rings. The second kappa shape index (κ2) is 9.28. The molecule has 1 aromatic heterocycles. The molecule has 3 aromatic rings. The van der Waals surface area contributed by atoms with Crippen molar-refractivity contribution < 1.29 is 13.9 Å². The molecular weight excluding hydrogens is 431 g/mol. The van der Waals surface area contributed by atoms with Crippen molar-refractivity contribution in [1.29, 1.82) is 0 Å². The molecule has 0 fully saturated rings. The Kier molecular flexibility index (Phi) is 6.79. The van der Waals surface area contributed by atoms with E-state index in [4.69, 9.17) is 4.74 Å². The first-order valence-electron chi connectivity index (χ1n) is 8.78. The molecule has 0 saturated carbocycles. The van der Waals surface area contributed by atoms with Crippen molar-refractivity contribution in [2.24, 2.45) is 0 Å². The third kappa shape index (κ3) is 5.26. The number of hydrogen-bond acceptors (Lipinski definition) is 4. The van der Waals surface area contributed by atoms with Crippen LogP contribution in [0.15, 0.2) is 42.5 Å². The van der Waals surface area contributed by atoms with Crippen molar-refractivity contribution in [3.05, 3.63) is 53.8 Å². The van der Waals surface area contributed by atoms with Gasteiger partial charge in [-0.25, -0.2) is 9.37 Å². The number of unbranched alkanes of at least 4 members (excludes halogenated alkanes) is 1. The maximum Gasteiger partial charge on any atom is 0.239 e. The number of carbonyl (C=O) groups excluding carboxylic acids is 1. The highest BCUT2D eigenvalue weighted by atomic mass is 79.9. The van der Waals surface area contributed by atoms with Crippen molar-refractivity contribution in [3.8, 4) is 5.75 Å². The van der Waals surface area contributed by atoms with Crippen molar-refractivity contribution in [2.45, 2.75) is 37.6 Å². The summed E-state index contributed by atoms with van der Waals surface area (Å²) in [7, 11) is 0. The van der Waals surface area contributed by atoms with Crippen LogP contribution in [-0.2, 0) is 11.4 Å². The van der Waals surface area contributed by atoms with E-state index >= 15 is 0 Å². The number of alkyl halides is 1. The molecule has 1 unspecified atom stereocenters. The van der Waals surface area contributed by atoms with Crippen LogP contribution in [0.4, 0.5) is 9.52 Å². The van der Waals surface area contributed by atoms with Gasteiger partial charge in [0.2, 0.25) is 5.91 Å². The lowest BCUT2D eigenvalue weighted by molar-refractivity contribution is -0.115. The smallest absolute Gasteiger partial charge is 0.239 e.